The van der Waals surface area contributed by atoms with Crippen LogP contribution in [0.1, 0.15) is 22.5 Å². The molecule has 5 aromatic rings. The fourth-order valence-corrected chi connectivity index (χ4v) is 5.16. The number of aromatic nitrogens is 5. The number of carbonyl (C=O) groups is 4. The van der Waals surface area contributed by atoms with Crippen molar-refractivity contribution >= 4 is 34.6 Å². The van der Waals surface area contributed by atoms with E-state index in [2.05, 4.69) is 40.9 Å². The lowest BCUT2D eigenvalue weighted by Gasteiger charge is -2.25. The molecule has 14 nitrogen and oxygen atoms in total. The number of amides is 3. The smallest absolute Gasteiger partial charge is 0.326 e. The molecule has 0 bridgehead atoms. The fourth-order valence-electron chi connectivity index (χ4n) is 5.16. The van der Waals surface area contributed by atoms with Gasteiger partial charge in [-0.15, -0.1) is 0 Å². The molecule has 3 aromatic heterocycles. The monoisotopic (exact) mass is 625 g/mol. The maximum atomic E-state index is 13.9. The number of hydrogen-bond acceptors (Lipinski definition) is 7. The van der Waals surface area contributed by atoms with E-state index < -0.39 is 47.9 Å². The molecule has 4 unspecified atom stereocenters. The zero-order valence-corrected chi connectivity index (χ0v) is 24.8. The Hall–Kier alpha value is -5.76. The molecule has 238 valence electrons. The van der Waals surface area contributed by atoms with Crippen LogP contribution in [0, 0.1) is 0 Å². The number of para-hydroxylation sites is 1. The number of benzene rings is 2. The van der Waals surface area contributed by atoms with Gasteiger partial charge in [0.1, 0.15) is 18.1 Å². The number of carbonyl (C=O) groups excluding carboxylic acids is 3. The molecule has 5 rings (SSSR count). The normalized spacial score (nSPS) is 13.8. The second-order valence-corrected chi connectivity index (χ2v) is 10.9. The predicted octanol–water partition coefficient (Wildman–Crippen LogP) is 0.751. The maximum absolute atomic E-state index is 13.9. The molecule has 46 heavy (non-hydrogen) atoms. The number of aromatic amines is 3. The standard InChI is InChI=1S/C32H35N9O5/c33-24(10-19-6-2-1-3-7-19)29(42)39-27(12-21-15-34-17-37-21)31(44)40-26(11-20-14-36-25-9-5-4-8-23(20)25)30(43)41-28(32(45)46)13-22-16-35-18-38-22/h1-9,14-18,24,26-28,36H,10-13,33H2,(H,34,37)(H,35,38)(H,39,42)(H,40,44)(H,41,43)(H,45,46). The van der Waals surface area contributed by atoms with E-state index in [0.29, 0.717) is 11.4 Å². The first-order chi connectivity index (χ1) is 22.3. The van der Waals surface area contributed by atoms with E-state index in [1.54, 1.807) is 6.20 Å². The molecule has 0 saturated heterocycles. The van der Waals surface area contributed by atoms with Crippen LogP contribution >= 0.6 is 0 Å². The Balaban J connectivity index is 1.37. The van der Waals surface area contributed by atoms with E-state index >= 15 is 0 Å². The second kappa shape index (κ2) is 14.8. The van der Waals surface area contributed by atoms with Crippen molar-refractivity contribution in [2.24, 2.45) is 5.73 Å². The van der Waals surface area contributed by atoms with Gasteiger partial charge in [0.15, 0.2) is 0 Å². The van der Waals surface area contributed by atoms with Crippen molar-refractivity contribution in [2.75, 3.05) is 0 Å². The molecule has 0 saturated carbocycles. The summed E-state index contributed by atoms with van der Waals surface area (Å²) in [6.07, 6.45) is 7.88. The molecule has 0 spiro atoms. The number of H-pyrrole nitrogens is 3. The number of aliphatic carboxylic acids is 1. The van der Waals surface area contributed by atoms with Crippen LogP contribution in [0.3, 0.4) is 0 Å². The molecule has 0 aliphatic carbocycles. The Morgan fingerprint density at radius 2 is 1.26 bits per heavy atom. The van der Waals surface area contributed by atoms with Crippen LogP contribution in [-0.4, -0.2) is 77.9 Å². The van der Waals surface area contributed by atoms with Gasteiger partial charge in [-0.1, -0.05) is 48.5 Å². The van der Waals surface area contributed by atoms with Crippen LogP contribution in [0.25, 0.3) is 10.9 Å². The number of carboxylic acids is 1. The first-order valence-corrected chi connectivity index (χ1v) is 14.7. The number of nitrogens with zero attached hydrogens (tertiary/aromatic N) is 2. The molecule has 14 heteroatoms. The summed E-state index contributed by atoms with van der Waals surface area (Å²) in [5.41, 5.74) is 9.72. The Kier molecular flexibility index (Phi) is 10.2. The summed E-state index contributed by atoms with van der Waals surface area (Å²) in [7, 11) is 0. The lowest BCUT2D eigenvalue weighted by molar-refractivity contribution is -0.142. The summed E-state index contributed by atoms with van der Waals surface area (Å²) < 4.78 is 0. The Bertz CT molecular complexity index is 1750. The molecule has 3 heterocycles. The minimum Gasteiger partial charge on any atom is -0.480 e. The summed E-state index contributed by atoms with van der Waals surface area (Å²) in [6.45, 7) is 0. The lowest BCUT2D eigenvalue weighted by Crippen LogP contribution is -2.58. The highest BCUT2D eigenvalue weighted by Gasteiger charge is 2.31. The average Bonchev–Trinajstić information content (AvgIpc) is 3.84. The molecular formula is C32H35N9O5. The Labute approximate surface area is 263 Å². The van der Waals surface area contributed by atoms with Crippen LogP contribution in [0.15, 0.2) is 85.8 Å². The minimum absolute atomic E-state index is 0.0363. The number of imidazole rings is 2. The van der Waals surface area contributed by atoms with Gasteiger partial charge in [-0.3, -0.25) is 14.4 Å². The van der Waals surface area contributed by atoms with Gasteiger partial charge in [0.2, 0.25) is 17.7 Å². The molecule has 9 N–H and O–H groups in total. The lowest BCUT2D eigenvalue weighted by atomic mass is 10.0. The number of fused-ring (bicyclic) bond motifs is 1. The van der Waals surface area contributed by atoms with Crippen molar-refractivity contribution in [2.45, 2.75) is 49.9 Å². The molecule has 0 aliphatic heterocycles. The van der Waals surface area contributed by atoms with Crippen molar-refractivity contribution in [3.8, 4) is 0 Å². The molecular weight excluding hydrogens is 590 g/mol. The summed E-state index contributed by atoms with van der Waals surface area (Å²) >= 11 is 0. The van der Waals surface area contributed by atoms with Crippen molar-refractivity contribution < 1.29 is 24.3 Å². The van der Waals surface area contributed by atoms with Gasteiger partial charge in [0.05, 0.1) is 18.7 Å². The minimum atomic E-state index is -1.30. The summed E-state index contributed by atoms with van der Waals surface area (Å²) in [5, 5.41) is 18.8. The van der Waals surface area contributed by atoms with Crippen LogP contribution in [0.5, 0.6) is 0 Å². The second-order valence-electron chi connectivity index (χ2n) is 10.9. The third-order valence-corrected chi connectivity index (χ3v) is 7.57. The predicted molar refractivity (Wildman–Crippen MR) is 168 cm³/mol. The topological polar surface area (TPSA) is 224 Å². The number of rotatable bonds is 15. The summed E-state index contributed by atoms with van der Waals surface area (Å²) in [5.74, 6) is -3.17. The zero-order chi connectivity index (χ0) is 32.5. The van der Waals surface area contributed by atoms with Crippen LogP contribution in [-0.2, 0) is 44.9 Å². The molecule has 3 amide bonds. The van der Waals surface area contributed by atoms with Gasteiger partial charge >= 0.3 is 5.97 Å². The van der Waals surface area contributed by atoms with Crippen LogP contribution in [0.2, 0.25) is 0 Å². The first-order valence-electron chi connectivity index (χ1n) is 14.7. The molecule has 0 aliphatic rings. The first kappa shape index (κ1) is 31.7. The van der Waals surface area contributed by atoms with Crippen molar-refractivity contribution in [1.29, 1.82) is 0 Å². The summed E-state index contributed by atoms with van der Waals surface area (Å²) in [4.78, 5) is 69.7. The average molecular weight is 626 g/mol. The Morgan fingerprint density at radius 1 is 0.696 bits per heavy atom. The highest BCUT2D eigenvalue weighted by atomic mass is 16.4. The van der Waals surface area contributed by atoms with Crippen molar-refractivity contribution in [3.05, 3.63) is 108 Å². The van der Waals surface area contributed by atoms with Crippen molar-refractivity contribution in [1.82, 2.24) is 40.9 Å². The van der Waals surface area contributed by atoms with E-state index in [1.165, 1.54) is 25.0 Å². The Morgan fingerprint density at radius 3 is 1.89 bits per heavy atom. The van der Waals surface area contributed by atoms with E-state index in [-0.39, 0.29) is 25.7 Å². The van der Waals surface area contributed by atoms with E-state index in [4.69, 9.17) is 5.73 Å². The number of carboxylic acid groups (broad SMARTS) is 1. The van der Waals surface area contributed by atoms with E-state index in [9.17, 15) is 24.3 Å². The van der Waals surface area contributed by atoms with Gasteiger partial charge in [-0.05, 0) is 23.6 Å². The van der Waals surface area contributed by atoms with E-state index in [0.717, 1.165) is 22.0 Å². The highest BCUT2D eigenvalue weighted by molar-refractivity contribution is 5.95. The van der Waals surface area contributed by atoms with Crippen molar-refractivity contribution in [3.63, 3.8) is 0 Å². The number of nitrogens with one attached hydrogen (secondary N) is 6. The van der Waals surface area contributed by atoms with Crippen LogP contribution in [0.4, 0.5) is 0 Å². The van der Waals surface area contributed by atoms with Gasteiger partial charge < -0.3 is 41.7 Å². The zero-order valence-electron chi connectivity index (χ0n) is 24.8. The van der Waals surface area contributed by atoms with Gasteiger partial charge in [-0.25, -0.2) is 14.8 Å². The third kappa shape index (κ3) is 8.24. The molecule has 0 radical (unpaired) electrons. The maximum Gasteiger partial charge on any atom is 0.326 e. The third-order valence-electron chi connectivity index (χ3n) is 7.57. The largest absolute Gasteiger partial charge is 0.480 e. The number of nitrogens with two attached hydrogens (primary N) is 1. The van der Waals surface area contributed by atoms with Gasteiger partial charge in [0, 0.05) is 60.1 Å². The summed E-state index contributed by atoms with van der Waals surface area (Å²) in [6, 6.07) is 12.2. The van der Waals surface area contributed by atoms with Gasteiger partial charge in [0.25, 0.3) is 0 Å². The van der Waals surface area contributed by atoms with Gasteiger partial charge in [-0.2, -0.15) is 0 Å². The van der Waals surface area contributed by atoms with E-state index in [1.807, 2.05) is 54.6 Å². The molecule has 0 fully saturated rings. The fraction of sp³-hybridized carbons (Fsp3) is 0.250. The quantitative estimate of drug-likeness (QED) is 0.0827. The molecule has 4 atom stereocenters. The highest BCUT2D eigenvalue weighted by Crippen LogP contribution is 2.19. The molecule has 2 aromatic carbocycles. The van der Waals surface area contributed by atoms with Crippen LogP contribution < -0.4 is 21.7 Å². The SMILES string of the molecule is NC(Cc1ccccc1)C(=O)NC(Cc1cnc[nH]1)C(=O)NC(Cc1c[nH]c2ccccc12)C(=O)NC(Cc1cnc[nH]1)C(=O)O. The number of hydrogen-bond donors (Lipinski definition) is 8.